The summed E-state index contributed by atoms with van der Waals surface area (Å²) < 4.78 is 58.7. The summed E-state index contributed by atoms with van der Waals surface area (Å²) in [5, 5.41) is 0. The quantitative estimate of drug-likeness (QED) is 0.759. The van der Waals surface area contributed by atoms with Gasteiger partial charge in [-0.1, -0.05) is 12.1 Å². The molecule has 24 heavy (non-hydrogen) atoms. The van der Waals surface area contributed by atoms with Gasteiger partial charge in [-0.25, -0.2) is 9.37 Å². The number of halogens is 4. The van der Waals surface area contributed by atoms with Gasteiger partial charge in [-0.15, -0.1) is 0 Å². The Labute approximate surface area is 136 Å². The number of aromatic nitrogens is 1. The maximum Gasteiger partial charge on any atom is 0.421 e. The minimum Gasteiger partial charge on any atom is -0.435 e. The number of alkyl halides is 3. The maximum atomic E-state index is 14.6. The number of ether oxygens (including phenoxy) is 1. The van der Waals surface area contributed by atoms with Crippen LogP contribution in [0.3, 0.4) is 0 Å². The van der Waals surface area contributed by atoms with Crippen molar-refractivity contribution in [1.82, 2.24) is 9.88 Å². The molecule has 2 heterocycles. The SMILES string of the molecule is Fc1c(CN2CCCC2)cccc1Oc1ncccc1C(F)(F)F. The fourth-order valence-electron chi connectivity index (χ4n) is 2.73. The van der Waals surface area contributed by atoms with Crippen LogP contribution in [0.4, 0.5) is 17.6 Å². The van der Waals surface area contributed by atoms with Gasteiger partial charge < -0.3 is 4.74 Å². The number of hydrogen-bond donors (Lipinski definition) is 0. The Morgan fingerprint density at radius 2 is 1.83 bits per heavy atom. The molecule has 3 rings (SSSR count). The molecule has 1 aliphatic rings. The van der Waals surface area contributed by atoms with Crippen molar-refractivity contribution in [2.75, 3.05) is 13.1 Å². The molecule has 2 aromatic rings. The van der Waals surface area contributed by atoms with Crippen molar-refractivity contribution < 1.29 is 22.3 Å². The van der Waals surface area contributed by atoms with E-state index in [0.29, 0.717) is 12.1 Å². The van der Waals surface area contributed by atoms with Gasteiger partial charge in [0, 0.05) is 18.3 Å². The lowest BCUT2D eigenvalue weighted by molar-refractivity contribution is -0.138. The smallest absolute Gasteiger partial charge is 0.421 e. The molecular formula is C17H16F4N2O. The highest BCUT2D eigenvalue weighted by molar-refractivity contribution is 5.37. The lowest BCUT2D eigenvalue weighted by atomic mass is 10.2. The third-order valence-electron chi connectivity index (χ3n) is 3.92. The molecule has 0 amide bonds. The van der Waals surface area contributed by atoms with E-state index in [4.69, 9.17) is 4.74 Å². The molecule has 7 heteroatoms. The lowest BCUT2D eigenvalue weighted by Crippen LogP contribution is -2.19. The number of nitrogens with zero attached hydrogens (tertiary/aromatic N) is 2. The zero-order valence-electron chi connectivity index (χ0n) is 12.8. The summed E-state index contributed by atoms with van der Waals surface area (Å²) in [5.41, 5.74) is -0.631. The lowest BCUT2D eigenvalue weighted by Gasteiger charge is -2.17. The van der Waals surface area contributed by atoms with E-state index >= 15 is 0 Å². The van der Waals surface area contributed by atoms with Crippen molar-refractivity contribution >= 4 is 0 Å². The molecule has 1 aromatic carbocycles. The highest BCUT2D eigenvalue weighted by atomic mass is 19.4. The van der Waals surface area contributed by atoms with Crippen LogP contribution in [0, 0.1) is 5.82 Å². The van der Waals surface area contributed by atoms with E-state index in [1.165, 1.54) is 12.3 Å². The third kappa shape index (κ3) is 3.67. The van der Waals surface area contributed by atoms with Crippen LogP contribution in [0.2, 0.25) is 0 Å². The first-order chi connectivity index (χ1) is 11.4. The Bertz CT molecular complexity index is 712. The van der Waals surface area contributed by atoms with E-state index in [0.717, 1.165) is 38.1 Å². The summed E-state index contributed by atoms with van der Waals surface area (Å²) in [6.45, 7) is 2.20. The summed E-state index contributed by atoms with van der Waals surface area (Å²) >= 11 is 0. The second-order valence-electron chi connectivity index (χ2n) is 5.67. The summed E-state index contributed by atoms with van der Waals surface area (Å²) in [7, 11) is 0. The van der Waals surface area contributed by atoms with Gasteiger partial charge in [-0.2, -0.15) is 13.2 Å². The van der Waals surface area contributed by atoms with Crippen molar-refractivity contribution in [2.24, 2.45) is 0 Å². The number of pyridine rings is 1. The number of benzene rings is 1. The minimum absolute atomic E-state index is 0.254. The number of hydrogen-bond acceptors (Lipinski definition) is 3. The van der Waals surface area contributed by atoms with Crippen molar-refractivity contribution in [3.63, 3.8) is 0 Å². The molecular weight excluding hydrogens is 324 g/mol. The first-order valence-corrected chi connectivity index (χ1v) is 7.65. The molecule has 128 valence electrons. The van der Waals surface area contributed by atoms with Gasteiger partial charge in [-0.3, -0.25) is 4.90 Å². The van der Waals surface area contributed by atoms with Crippen LogP contribution in [-0.4, -0.2) is 23.0 Å². The molecule has 0 bridgehead atoms. The standard InChI is InChI=1S/C17H16F4N2O/c18-15-12(11-23-9-1-2-10-23)5-3-7-14(15)24-16-13(17(19,20)21)6-4-8-22-16/h3-8H,1-2,9-11H2. The van der Waals surface area contributed by atoms with Gasteiger partial charge >= 0.3 is 6.18 Å². The molecule has 0 saturated carbocycles. The average molecular weight is 340 g/mol. The van der Waals surface area contributed by atoms with E-state index in [-0.39, 0.29) is 5.75 Å². The summed E-state index contributed by atoms with van der Waals surface area (Å²) in [6, 6.07) is 6.51. The van der Waals surface area contributed by atoms with Crippen LogP contribution < -0.4 is 4.74 Å². The second kappa shape index (κ2) is 6.76. The Morgan fingerprint density at radius 3 is 2.54 bits per heavy atom. The van der Waals surface area contributed by atoms with Crippen LogP contribution in [0.15, 0.2) is 36.5 Å². The van der Waals surface area contributed by atoms with Crippen LogP contribution in [0.25, 0.3) is 0 Å². The van der Waals surface area contributed by atoms with E-state index in [2.05, 4.69) is 9.88 Å². The normalized spacial score (nSPS) is 15.7. The molecule has 1 saturated heterocycles. The van der Waals surface area contributed by atoms with Gasteiger partial charge in [0.2, 0.25) is 5.88 Å². The second-order valence-corrected chi connectivity index (χ2v) is 5.67. The molecule has 1 aliphatic heterocycles. The molecule has 0 spiro atoms. The Kier molecular flexibility index (Phi) is 4.71. The summed E-state index contributed by atoms with van der Waals surface area (Å²) in [4.78, 5) is 5.70. The van der Waals surface area contributed by atoms with E-state index in [9.17, 15) is 17.6 Å². The highest BCUT2D eigenvalue weighted by Gasteiger charge is 2.35. The predicted molar refractivity (Wildman–Crippen MR) is 80.2 cm³/mol. The number of likely N-dealkylation sites (tertiary alicyclic amines) is 1. The van der Waals surface area contributed by atoms with E-state index in [1.807, 2.05) is 0 Å². The van der Waals surface area contributed by atoms with Gasteiger partial charge in [0.1, 0.15) is 5.56 Å². The van der Waals surface area contributed by atoms with Crippen molar-refractivity contribution in [2.45, 2.75) is 25.6 Å². The van der Waals surface area contributed by atoms with E-state index < -0.39 is 23.4 Å². The fraction of sp³-hybridized carbons (Fsp3) is 0.353. The minimum atomic E-state index is -4.62. The maximum absolute atomic E-state index is 14.6. The molecule has 0 aliphatic carbocycles. The Morgan fingerprint density at radius 1 is 1.08 bits per heavy atom. The van der Waals surface area contributed by atoms with Crippen LogP contribution in [-0.2, 0) is 12.7 Å². The zero-order chi connectivity index (χ0) is 17.2. The molecule has 1 aromatic heterocycles. The Hall–Kier alpha value is -2.15. The average Bonchev–Trinajstić information content (AvgIpc) is 3.04. The summed E-state index contributed by atoms with van der Waals surface area (Å²) in [6.07, 6.45) is -1.30. The van der Waals surface area contributed by atoms with Gasteiger partial charge in [0.05, 0.1) is 0 Å². The van der Waals surface area contributed by atoms with Crippen molar-refractivity contribution in [1.29, 1.82) is 0 Å². The molecule has 0 radical (unpaired) electrons. The molecule has 0 unspecified atom stereocenters. The molecule has 1 fully saturated rings. The van der Waals surface area contributed by atoms with Crippen LogP contribution in [0.5, 0.6) is 11.6 Å². The van der Waals surface area contributed by atoms with Gasteiger partial charge in [0.15, 0.2) is 11.6 Å². The monoisotopic (exact) mass is 340 g/mol. The van der Waals surface area contributed by atoms with Crippen LogP contribution in [0.1, 0.15) is 24.0 Å². The van der Waals surface area contributed by atoms with Crippen molar-refractivity contribution in [3.05, 3.63) is 53.5 Å². The Balaban J connectivity index is 1.86. The largest absolute Gasteiger partial charge is 0.435 e. The first kappa shape index (κ1) is 16.7. The topological polar surface area (TPSA) is 25.4 Å². The van der Waals surface area contributed by atoms with Gasteiger partial charge in [-0.05, 0) is 44.1 Å². The predicted octanol–water partition coefficient (Wildman–Crippen LogP) is 4.63. The van der Waals surface area contributed by atoms with Gasteiger partial charge in [0.25, 0.3) is 0 Å². The van der Waals surface area contributed by atoms with Crippen molar-refractivity contribution in [3.8, 4) is 11.6 Å². The highest BCUT2D eigenvalue weighted by Crippen LogP contribution is 2.37. The molecule has 0 atom stereocenters. The number of rotatable bonds is 4. The first-order valence-electron chi connectivity index (χ1n) is 7.65. The molecule has 3 nitrogen and oxygen atoms in total. The molecule has 0 N–H and O–H groups in total. The van der Waals surface area contributed by atoms with Crippen LogP contribution >= 0.6 is 0 Å². The fourth-order valence-corrected chi connectivity index (χ4v) is 2.73. The third-order valence-corrected chi connectivity index (χ3v) is 3.92. The van der Waals surface area contributed by atoms with E-state index in [1.54, 1.807) is 12.1 Å². The zero-order valence-corrected chi connectivity index (χ0v) is 12.8. The summed E-state index contributed by atoms with van der Waals surface area (Å²) in [5.74, 6) is -1.55.